The number of aliphatic hydroxyl groups is 2. The van der Waals surface area contributed by atoms with E-state index in [1.54, 1.807) is 26.8 Å². The molecular weight excluding hydrogens is 440 g/mol. The van der Waals surface area contributed by atoms with Crippen LogP contribution < -0.4 is 0 Å². The van der Waals surface area contributed by atoms with Gasteiger partial charge in [-0.2, -0.15) is 0 Å². The molecule has 4 aliphatic carbocycles. The number of hydrogen-bond acceptors (Lipinski definition) is 8. The quantitative estimate of drug-likeness (QED) is 0.332. The Morgan fingerprint density at radius 2 is 1.59 bits per heavy atom. The van der Waals surface area contributed by atoms with Crippen molar-refractivity contribution in [2.75, 3.05) is 7.11 Å². The molecule has 2 N–H and O–H groups in total. The number of allylic oxidation sites excluding steroid dienone is 2. The molecule has 0 heterocycles. The maximum Gasteiger partial charge on any atom is 0.321 e. The SMILES string of the molecule is COC(=O)[C@@]12C(=O)[C@@](C)(O)C(=O)[C@]1(C)C(C)=C[C@H]1[C@]3(C)CCC(=O)C(C)(C)[C@H]3C(=O)[C@@H](O)[C@@]12C. The first-order chi connectivity index (χ1) is 15.4. The van der Waals surface area contributed by atoms with Gasteiger partial charge in [0.2, 0.25) is 0 Å². The van der Waals surface area contributed by atoms with E-state index < -0.39 is 73.9 Å². The number of carbonyl (C=O) groups is 5. The van der Waals surface area contributed by atoms with Crippen molar-refractivity contribution in [3.05, 3.63) is 11.6 Å². The van der Waals surface area contributed by atoms with Crippen LogP contribution in [-0.4, -0.2) is 58.1 Å². The summed E-state index contributed by atoms with van der Waals surface area (Å²) in [6.45, 7) is 10.8. The first-order valence-corrected chi connectivity index (χ1v) is 11.7. The molecule has 3 saturated carbocycles. The largest absolute Gasteiger partial charge is 0.468 e. The summed E-state index contributed by atoms with van der Waals surface area (Å²) in [6, 6.07) is 0. The molecule has 0 amide bonds. The lowest BCUT2D eigenvalue weighted by atomic mass is 9.33. The van der Waals surface area contributed by atoms with E-state index >= 15 is 0 Å². The average molecular weight is 475 g/mol. The third-order valence-corrected chi connectivity index (χ3v) is 10.4. The third kappa shape index (κ3) is 2.13. The van der Waals surface area contributed by atoms with Gasteiger partial charge in [-0.3, -0.25) is 24.0 Å². The maximum absolute atomic E-state index is 14.0. The zero-order chi connectivity index (χ0) is 26.0. The monoisotopic (exact) mass is 474 g/mol. The van der Waals surface area contributed by atoms with Crippen LogP contribution in [0.2, 0.25) is 0 Å². The first-order valence-electron chi connectivity index (χ1n) is 11.7. The highest BCUT2D eigenvalue weighted by molar-refractivity contribution is 6.30. The van der Waals surface area contributed by atoms with Crippen molar-refractivity contribution in [2.24, 2.45) is 38.9 Å². The number of aliphatic hydroxyl groups excluding tert-OH is 1. The van der Waals surface area contributed by atoms with E-state index in [1.807, 2.05) is 6.92 Å². The van der Waals surface area contributed by atoms with Gasteiger partial charge in [-0.05, 0) is 38.5 Å². The molecular formula is C26H34O8. The number of ketones is 4. The number of esters is 1. The van der Waals surface area contributed by atoms with Crippen molar-refractivity contribution in [2.45, 2.75) is 73.0 Å². The molecule has 0 aromatic rings. The van der Waals surface area contributed by atoms with Crippen LogP contribution in [-0.2, 0) is 28.7 Å². The molecule has 34 heavy (non-hydrogen) atoms. The van der Waals surface area contributed by atoms with E-state index in [2.05, 4.69) is 0 Å². The summed E-state index contributed by atoms with van der Waals surface area (Å²) >= 11 is 0. The Bertz CT molecular complexity index is 1100. The van der Waals surface area contributed by atoms with Crippen molar-refractivity contribution in [3.8, 4) is 0 Å². The number of hydrogen-bond donors (Lipinski definition) is 2. The smallest absolute Gasteiger partial charge is 0.321 e. The molecule has 0 bridgehead atoms. The van der Waals surface area contributed by atoms with Gasteiger partial charge < -0.3 is 14.9 Å². The van der Waals surface area contributed by atoms with Gasteiger partial charge in [-0.1, -0.05) is 39.3 Å². The molecule has 186 valence electrons. The number of Topliss-reactive ketones (excluding diaryl/α,β-unsaturated/α-hetero) is 4. The zero-order valence-corrected chi connectivity index (χ0v) is 21.1. The van der Waals surface area contributed by atoms with E-state index in [0.29, 0.717) is 12.0 Å². The lowest BCUT2D eigenvalue weighted by Crippen LogP contribution is -2.76. The standard InChI is InChI=1S/C26H34O8/c1-12-11-13-22(4)10-9-14(27)21(2,3)16(22)15(28)17(29)24(13,6)26(20(32)34-8)19(31)25(7,33)18(30)23(12,26)5/h11,13,16-17,29,33H,9-10H2,1-8H3/t13-,16+,17+,22-,23-,24+,25-,26-/m0/s1. The van der Waals surface area contributed by atoms with Gasteiger partial charge >= 0.3 is 5.97 Å². The number of methoxy groups -OCH3 is 1. The summed E-state index contributed by atoms with van der Waals surface area (Å²) in [7, 11) is 1.08. The lowest BCUT2D eigenvalue weighted by molar-refractivity contribution is -0.226. The van der Waals surface area contributed by atoms with Crippen molar-refractivity contribution in [1.29, 1.82) is 0 Å². The summed E-state index contributed by atoms with van der Waals surface area (Å²) in [5, 5.41) is 22.8. The summed E-state index contributed by atoms with van der Waals surface area (Å²) in [5.74, 6) is -5.31. The van der Waals surface area contributed by atoms with Crippen LogP contribution in [0.5, 0.6) is 0 Å². The lowest BCUT2D eigenvalue weighted by Gasteiger charge is -2.67. The van der Waals surface area contributed by atoms with Gasteiger partial charge in [0.1, 0.15) is 11.9 Å². The molecule has 0 radical (unpaired) electrons. The summed E-state index contributed by atoms with van der Waals surface area (Å²) in [6.07, 6.45) is 0.446. The highest BCUT2D eigenvalue weighted by atomic mass is 16.5. The van der Waals surface area contributed by atoms with E-state index in [0.717, 1.165) is 14.0 Å². The van der Waals surface area contributed by atoms with Crippen LogP contribution >= 0.6 is 0 Å². The van der Waals surface area contributed by atoms with Gasteiger partial charge in [0, 0.05) is 23.2 Å². The van der Waals surface area contributed by atoms with Crippen LogP contribution in [0.15, 0.2) is 11.6 Å². The van der Waals surface area contributed by atoms with Gasteiger partial charge in [-0.25, -0.2) is 0 Å². The summed E-state index contributed by atoms with van der Waals surface area (Å²) in [4.78, 5) is 68.1. The minimum Gasteiger partial charge on any atom is -0.468 e. The molecule has 4 aliphatic rings. The topological polar surface area (TPSA) is 135 Å². The normalized spacial score (nSPS) is 49.7. The maximum atomic E-state index is 14.0. The molecule has 8 atom stereocenters. The Balaban J connectivity index is 2.16. The molecule has 0 saturated heterocycles. The molecule has 0 aromatic heterocycles. The Morgan fingerprint density at radius 1 is 1.03 bits per heavy atom. The summed E-state index contributed by atoms with van der Waals surface area (Å²) < 4.78 is 5.12. The van der Waals surface area contributed by atoms with Crippen LogP contribution in [0.25, 0.3) is 0 Å². The zero-order valence-electron chi connectivity index (χ0n) is 21.1. The molecule has 3 fully saturated rings. The van der Waals surface area contributed by atoms with Crippen LogP contribution in [0, 0.1) is 38.9 Å². The number of carbonyl (C=O) groups excluding carboxylic acids is 5. The first kappa shape index (κ1) is 24.9. The van der Waals surface area contributed by atoms with Crippen LogP contribution in [0.3, 0.4) is 0 Å². The number of ether oxygens (including phenoxy) is 1. The Labute approximate surface area is 199 Å². The molecule has 8 heteroatoms. The highest BCUT2D eigenvalue weighted by Crippen LogP contribution is 2.75. The molecule has 0 unspecified atom stereocenters. The second kappa shape index (κ2) is 6.52. The number of rotatable bonds is 1. The van der Waals surface area contributed by atoms with Crippen molar-refractivity contribution in [3.63, 3.8) is 0 Å². The fraction of sp³-hybridized carbons (Fsp3) is 0.731. The molecule has 8 nitrogen and oxygen atoms in total. The predicted octanol–water partition coefficient (Wildman–Crippen LogP) is 1.59. The average Bonchev–Trinajstić information content (AvgIpc) is 2.88. The van der Waals surface area contributed by atoms with Gasteiger partial charge in [0.25, 0.3) is 0 Å². The van der Waals surface area contributed by atoms with E-state index in [4.69, 9.17) is 4.74 Å². The summed E-state index contributed by atoms with van der Waals surface area (Å²) in [5.41, 5.74) is -10.1. The van der Waals surface area contributed by atoms with E-state index in [-0.39, 0.29) is 12.2 Å². The Morgan fingerprint density at radius 3 is 2.12 bits per heavy atom. The van der Waals surface area contributed by atoms with Crippen LogP contribution in [0.4, 0.5) is 0 Å². The fourth-order valence-corrected chi connectivity index (χ4v) is 8.66. The number of fused-ring (bicyclic) bond motifs is 5. The fourth-order valence-electron chi connectivity index (χ4n) is 8.66. The van der Waals surface area contributed by atoms with Crippen molar-refractivity contribution < 1.29 is 38.9 Å². The predicted molar refractivity (Wildman–Crippen MR) is 119 cm³/mol. The minimum atomic E-state index is -2.52. The molecule has 0 aromatic carbocycles. The molecule has 0 aliphatic heterocycles. The molecule has 0 spiro atoms. The second-order valence-corrected chi connectivity index (χ2v) is 12.1. The highest BCUT2D eigenvalue weighted by Gasteiger charge is 2.87. The van der Waals surface area contributed by atoms with E-state index in [1.165, 1.54) is 13.8 Å². The van der Waals surface area contributed by atoms with Gasteiger partial charge in [0.05, 0.1) is 12.5 Å². The van der Waals surface area contributed by atoms with Crippen LogP contribution in [0.1, 0.15) is 61.3 Å². The van der Waals surface area contributed by atoms with E-state index in [9.17, 15) is 34.2 Å². The van der Waals surface area contributed by atoms with Crippen molar-refractivity contribution in [1.82, 2.24) is 0 Å². The minimum absolute atomic E-state index is 0.0850. The van der Waals surface area contributed by atoms with Gasteiger partial charge in [-0.15, -0.1) is 0 Å². The van der Waals surface area contributed by atoms with Gasteiger partial charge in [0.15, 0.2) is 28.4 Å². The Kier molecular flexibility index (Phi) is 4.78. The van der Waals surface area contributed by atoms with Crippen molar-refractivity contribution >= 4 is 29.1 Å². The Hall–Kier alpha value is -2.19. The third-order valence-electron chi connectivity index (χ3n) is 10.4. The molecule has 4 rings (SSSR count). The second-order valence-electron chi connectivity index (χ2n) is 12.1.